The minimum Gasteiger partial charge on any atom is -0.376 e. The number of thiophene rings is 1. The molecule has 0 saturated heterocycles. The topological polar surface area (TPSA) is 105 Å². The number of carbonyl (C=O) groups is 1. The Morgan fingerprint density at radius 1 is 1.31 bits per heavy atom. The number of fused-ring (bicyclic) bond motifs is 1. The first-order chi connectivity index (χ1) is 18.2. The Bertz CT molecular complexity index is 1400. The fourth-order valence-electron chi connectivity index (χ4n) is 4.96. The van der Waals surface area contributed by atoms with Crippen molar-refractivity contribution in [2.24, 2.45) is 13.0 Å². The Kier molecular flexibility index (Phi) is 7.52. The zero-order chi connectivity index (χ0) is 28.3. The molecule has 3 atom stereocenters. The van der Waals surface area contributed by atoms with Crippen LogP contribution in [0.4, 0.5) is 27.0 Å². The fourth-order valence-corrected chi connectivity index (χ4v) is 8.48. The molecule has 2 saturated carbocycles. The highest BCUT2D eigenvalue weighted by Gasteiger charge is 2.48. The van der Waals surface area contributed by atoms with Gasteiger partial charge in [-0.1, -0.05) is 12.2 Å². The van der Waals surface area contributed by atoms with Crippen LogP contribution in [-0.2, 0) is 41.1 Å². The van der Waals surface area contributed by atoms with Crippen LogP contribution >= 0.6 is 23.6 Å². The summed E-state index contributed by atoms with van der Waals surface area (Å²) in [6.45, 7) is 0. The Labute approximate surface area is 230 Å². The lowest BCUT2D eigenvalue weighted by Gasteiger charge is -2.35. The maximum absolute atomic E-state index is 13.5. The summed E-state index contributed by atoms with van der Waals surface area (Å²) in [4.78, 5) is 13.4. The third-order valence-electron chi connectivity index (χ3n) is 7.11. The maximum atomic E-state index is 13.5. The van der Waals surface area contributed by atoms with Gasteiger partial charge in [0.1, 0.15) is 21.8 Å². The first-order valence-electron chi connectivity index (χ1n) is 12.3. The zero-order valence-electron chi connectivity index (χ0n) is 20.6. The van der Waals surface area contributed by atoms with Gasteiger partial charge >= 0.3 is 0 Å². The average molecular weight is 612 g/mol. The van der Waals surface area contributed by atoms with Crippen LogP contribution in [-0.4, -0.2) is 53.3 Å². The van der Waals surface area contributed by atoms with Gasteiger partial charge in [0, 0.05) is 49.0 Å². The molecular formula is C23H26F5N5O3S3. The minimum absolute atomic E-state index is 0.0420. The zero-order valence-corrected chi connectivity index (χ0v) is 23.1. The normalized spacial score (nSPS) is 24.2. The number of halogens is 5. The van der Waals surface area contributed by atoms with Crippen LogP contribution in [0.2, 0.25) is 0 Å². The van der Waals surface area contributed by atoms with Gasteiger partial charge in [-0.05, 0) is 37.3 Å². The highest BCUT2D eigenvalue weighted by Crippen LogP contribution is 2.44. The van der Waals surface area contributed by atoms with Crippen LogP contribution in [0, 0.1) is 5.92 Å². The maximum Gasteiger partial charge on any atom is 0.282 e. The summed E-state index contributed by atoms with van der Waals surface area (Å²) < 4.78 is 96.6. The number of nitrogens with zero attached hydrogens (tertiary/aromatic N) is 2. The van der Waals surface area contributed by atoms with E-state index in [4.69, 9.17) is 12.2 Å². The van der Waals surface area contributed by atoms with Gasteiger partial charge in [-0.15, -0.1) is 11.3 Å². The molecule has 0 spiro atoms. The van der Waals surface area contributed by atoms with Crippen molar-refractivity contribution in [3.63, 3.8) is 0 Å². The lowest BCUT2D eigenvalue weighted by Crippen LogP contribution is -2.50. The van der Waals surface area contributed by atoms with E-state index in [0.29, 0.717) is 29.1 Å². The summed E-state index contributed by atoms with van der Waals surface area (Å²) in [5, 5.41) is 9.53. The van der Waals surface area contributed by atoms with Crippen molar-refractivity contribution in [1.82, 2.24) is 19.8 Å². The quantitative estimate of drug-likeness (QED) is 0.294. The molecule has 3 aliphatic rings. The first-order valence-corrected chi connectivity index (χ1v) is 15.0. The molecule has 0 aliphatic heterocycles. The van der Waals surface area contributed by atoms with E-state index in [0.717, 1.165) is 16.2 Å². The van der Waals surface area contributed by atoms with E-state index in [2.05, 4.69) is 20.5 Å². The molecule has 2 fully saturated rings. The van der Waals surface area contributed by atoms with Gasteiger partial charge in [0.2, 0.25) is 15.9 Å². The van der Waals surface area contributed by atoms with E-state index in [1.165, 1.54) is 17.8 Å². The van der Waals surface area contributed by atoms with Gasteiger partial charge in [-0.3, -0.25) is 9.48 Å². The predicted octanol–water partition coefficient (Wildman–Crippen LogP) is 3.81. The van der Waals surface area contributed by atoms with Crippen LogP contribution in [0.25, 0.3) is 0 Å². The van der Waals surface area contributed by atoms with Crippen molar-refractivity contribution in [3.8, 4) is 0 Å². The molecule has 0 aromatic carbocycles. The molecule has 214 valence electrons. The number of rotatable bonds is 9. The number of thiocarbonyl (C=S) groups is 1. The number of aryl methyl sites for hydroxylation is 2. The Balaban J connectivity index is 1.35. The largest absolute Gasteiger partial charge is 0.376 e. The van der Waals surface area contributed by atoms with E-state index in [-0.39, 0.29) is 40.9 Å². The molecule has 0 bridgehead atoms. The summed E-state index contributed by atoms with van der Waals surface area (Å²) in [5.74, 6) is -4.40. The summed E-state index contributed by atoms with van der Waals surface area (Å²) in [6, 6.07) is 0.0321. The smallest absolute Gasteiger partial charge is 0.282 e. The third kappa shape index (κ3) is 6.12. The molecular weight excluding hydrogens is 585 g/mol. The van der Waals surface area contributed by atoms with Gasteiger partial charge in [-0.2, -0.15) is 5.10 Å². The monoisotopic (exact) mass is 611 g/mol. The average Bonchev–Trinajstić information content (AvgIpc) is 3.26. The lowest BCUT2D eigenvalue weighted by atomic mass is 9.89. The molecule has 16 heteroatoms. The van der Waals surface area contributed by atoms with Gasteiger partial charge in [0.25, 0.3) is 12.3 Å². The van der Waals surface area contributed by atoms with Crippen molar-refractivity contribution < 1.29 is 35.2 Å². The van der Waals surface area contributed by atoms with E-state index in [1.54, 1.807) is 0 Å². The molecule has 5 rings (SSSR count). The van der Waals surface area contributed by atoms with Crippen LogP contribution in [0.3, 0.4) is 0 Å². The van der Waals surface area contributed by atoms with E-state index < -0.39 is 59.3 Å². The summed E-state index contributed by atoms with van der Waals surface area (Å²) >= 11 is 6.52. The standard InChI is InChI=1S/C23H26F5N5O3S3/c1-33-12(5-16(31-33)20(25)26)6-18(37)29-10-2-3-17-14(4-10)19(22(38-17)30-21(34)13-7-15(13)24)39(35,36)32-11-8-23(27,28)9-11/h5,10-11,13,15,20,32H,2-4,6-9H2,1H3,(H,29,37)(H,30,34)/t10-,13-,15-/m0/s1. The van der Waals surface area contributed by atoms with Crippen molar-refractivity contribution in [1.29, 1.82) is 0 Å². The number of sulfonamides is 1. The van der Waals surface area contributed by atoms with E-state index >= 15 is 0 Å². The van der Waals surface area contributed by atoms with Crippen LogP contribution in [0.1, 0.15) is 53.9 Å². The predicted molar refractivity (Wildman–Crippen MR) is 138 cm³/mol. The highest BCUT2D eigenvalue weighted by atomic mass is 32.2. The number of alkyl halides is 5. The summed E-state index contributed by atoms with van der Waals surface area (Å²) in [7, 11) is -2.77. The van der Waals surface area contributed by atoms with Crippen molar-refractivity contribution in [2.75, 3.05) is 5.32 Å². The van der Waals surface area contributed by atoms with Crippen LogP contribution in [0.5, 0.6) is 0 Å². The molecule has 2 aromatic rings. The number of hydrogen-bond acceptors (Lipinski definition) is 6. The highest BCUT2D eigenvalue weighted by molar-refractivity contribution is 7.90. The second kappa shape index (κ2) is 10.3. The van der Waals surface area contributed by atoms with E-state index in [1.807, 2.05) is 0 Å². The minimum atomic E-state index is -4.30. The molecule has 1 amide bonds. The molecule has 0 unspecified atom stereocenters. The molecule has 3 N–H and O–H groups in total. The van der Waals surface area contributed by atoms with Crippen molar-refractivity contribution in [3.05, 3.63) is 27.9 Å². The Morgan fingerprint density at radius 2 is 2.00 bits per heavy atom. The third-order valence-corrected chi connectivity index (χ3v) is 10.3. The number of aromatic nitrogens is 2. The molecule has 2 aromatic heterocycles. The molecule has 0 radical (unpaired) electrons. The van der Waals surface area contributed by atoms with Crippen LogP contribution < -0.4 is 15.4 Å². The number of nitrogens with one attached hydrogen (secondary N) is 3. The number of amides is 1. The Morgan fingerprint density at radius 3 is 2.59 bits per heavy atom. The summed E-state index contributed by atoms with van der Waals surface area (Å²) in [5.41, 5.74) is 0.562. The van der Waals surface area contributed by atoms with Gasteiger partial charge in [0.05, 0.1) is 10.9 Å². The number of anilines is 1. The second-order valence-electron chi connectivity index (χ2n) is 10.3. The molecule has 2 heterocycles. The number of hydrogen-bond donors (Lipinski definition) is 3. The van der Waals surface area contributed by atoms with Crippen molar-refractivity contribution >= 4 is 49.5 Å². The van der Waals surface area contributed by atoms with Crippen LogP contribution in [0.15, 0.2) is 11.0 Å². The molecule has 8 nitrogen and oxygen atoms in total. The summed E-state index contributed by atoms with van der Waals surface area (Å²) in [6.07, 6.45) is -3.78. The second-order valence-corrected chi connectivity index (χ2v) is 13.5. The van der Waals surface area contributed by atoms with E-state index in [9.17, 15) is 35.2 Å². The van der Waals surface area contributed by atoms with Gasteiger partial charge < -0.3 is 10.6 Å². The van der Waals surface area contributed by atoms with Gasteiger partial charge in [-0.25, -0.2) is 35.1 Å². The molecule has 3 aliphatic carbocycles. The fraction of sp³-hybridized carbons (Fsp3) is 0.609. The SMILES string of the molecule is Cn1nc(C(F)F)cc1CC(=S)N[C@H]1CCc2sc(NC(=O)[C@H]3C[C@@H]3F)c(S(=O)(=O)NC3CC(F)(F)C3)c2C1. The number of carbonyl (C=O) groups excluding carboxylic acids is 1. The lowest BCUT2D eigenvalue weighted by molar-refractivity contribution is -0.117. The Hall–Kier alpha value is -2.17. The first kappa shape index (κ1) is 28.4. The van der Waals surface area contributed by atoms with Gasteiger partial charge in [0.15, 0.2) is 0 Å². The molecule has 39 heavy (non-hydrogen) atoms. The van der Waals surface area contributed by atoms with Crippen molar-refractivity contribution in [2.45, 2.75) is 80.4 Å².